The maximum absolute atomic E-state index is 12.4. The van der Waals surface area contributed by atoms with Crippen LogP contribution in [0.15, 0.2) is 29.1 Å². The summed E-state index contributed by atoms with van der Waals surface area (Å²) in [5.41, 5.74) is 5.62. The number of nitrogens with zero attached hydrogens (tertiary/aromatic N) is 1. The third-order valence-corrected chi connectivity index (χ3v) is 4.93. The van der Waals surface area contributed by atoms with Gasteiger partial charge >= 0.3 is 0 Å². The van der Waals surface area contributed by atoms with E-state index < -0.39 is 0 Å². The average molecular weight is 339 g/mol. The van der Waals surface area contributed by atoms with E-state index in [-0.39, 0.29) is 18.0 Å². The van der Waals surface area contributed by atoms with Gasteiger partial charge in [-0.15, -0.1) is 0 Å². The Hall–Kier alpha value is -2.56. The van der Waals surface area contributed by atoms with Crippen LogP contribution >= 0.6 is 0 Å². The molecule has 2 aromatic rings. The van der Waals surface area contributed by atoms with Crippen molar-refractivity contribution < 1.29 is 4.79 Å². The summed E-state index contributed by atoms with van der Waals surface area (Å²) in [5.74, 6) is -0.158. The summed E-state index contributed by atoms with van der Waals surface area (Å²) in [5, 5.41) is 2.90. The standard InChI is InChI=1S/C20H25N3O2/c1-13-16-6-4-5-7-17(16)18(20(25)22-13)12-21-19(24)14-8-10-15(11-9-14)23(2)3/h8-11H,4-7,12H2,1-3H3,(H,21,24)(H,22,25). The van der Waals surface area contributed by atoms with Crippen LogP contribution in [-0.4, -0.2) is 25.0 Å². The van der Waals surface area contributed by atoms with Crippen LogP contribution in [0.5, 0.6) is 0 Å². The van der Waals surface area contributed by atoms with Crippen LogP contribution in [0.25, 0.3) is 0 Å². The van der Waals surface area contributed by atoms with E-state index in [0.29, 0.717) is 11.1 Å². The number of hydrogen-bond donors (Lipinski definition) is 2. The summed E-state index contributed by atoms with van der Waals surface area (Å²) < 4.78 is 0. The smallest absolute Gasteiger partial charge is 0.253 e. The molecule has 1 aromatic heterocycles. The van der Waals surface area contributed by atoms with Gasteiger partial charge in [0.25, 0.3) is 11.5 Å². The summed E-state index contributed by atoms with van der Waals surface area (Å²) in [7, 11) is 3.92. The fourth-order valence-corrected chi connectivity index (χ4v) is 3.48. The molecule has 0 spiro atoms. The van der Waals surface area contributed by atoms with Gasteiger partial charge in [0.15, 0.2) is 0 Å². The van der Waals surface area contributed by atoms with Gasteiger partial charge in [0, 0.05) is 43.1 Å². The van der Waals surface area contributed by atoms with Crippen LogP contribution < -0.4 is 15.8 Å². The fraction of sp³-hybridized carbons (Fsp3) is 0.400. The Morgan fingerprint density at radius 3 is 2.40 bits per heavy atom. The highest BCUT2D eigenvalue weighted by molar-refractivity contribution is 5.94. The topological polar surface area (TPSA) is 65.2 Å². The highest BCUT2D eigenvalue weighted by Crippen LogP contribution is 2.24. The molecule has 0 atom stereocenters. The van der Waals surface area contributed by atoms with E-state index >= 15 is 0 Å². The second kappa shape index (κ2) is 7.13. The first-order valence-corrected chi connectivity index (χ1v) is 8.76. The molecule has 0 fully saturated rings. The minimum absolute atomic E-state index is 0.0820. The molecule has 132 valence electrons. The molecule has 1 amide bonds. The molecule has 2 N–H and O–H groups in total. The van der Waals surface area contributed by atoms with Crippen LogP contribution in [0.2, 0.25) is 0 Å². The van der Waals surface area contributed by atoms with Gasteiger partial charge in [-0.25, -0.2) is 0 Å². The van der Waals surface area contributed by atoms with E-state index in [2.05, 4.69) is 10.3 Å². The molecule has 1 aliphatic carbocycles. The van der Waals surface area contributed by atoms with Crippen molar-refractivity contribution in [1.29, 1.82) is 0 Å². The maximum Gasteiger partial charge on any atom is 0.253 e. The van der Waals surface area contributed by atoms with Crippen molar-refractivity contribution in [2.75, 3.05) is 19.0 Å². The van der Waals surface area contributed by atoms with Gasteiger partial charge in [-0.3, -0.25) is 9.59 Å². The lowest BCUT2D eigenvalue weighted by molar-refractivity contribution is 0.0950. The highest BCUT2D eigenvalue weighted by Gasteiger charge is 2.19. The summed E-state index contributed by atoms with van der Waals surface area (Å²) in [6.45, 7) is 2.23. The minimum Gasteiger partial charge on any atom is -0.378 e. The minimum atomic E-state index is -0.158. The Morgan fingerprint density at radius 1 is 1.12 bits per heavy atom. The Labute approximate surface area is 148 Å². The van der Waals surface area contributed by atoms with Gasteiger partial charge in [0.1, 0.15) is 0 Å². The van der Waals surface area contributed by atoms with Crippen molar-refractivity contribution in [3.05, 3.63) is 62.6 Å². The molecule has 3 rings (SSSR count). The van der Waals surface area contributed by atoms with E-state index in [4.69, 9.17) is 0 Å². The lowest BCUT2D eigenvalue weighted by Gasteiger charge is -2.21. The number of carbonyl (C=O) groups is 1. The lowest BCUT2D eigenvalue weighted by Crippen LogP contribution is -2.30. The Kier molecular flexibility index (Phi) is 4.93. The quantitative estimate of drug-likeness (QED) is 0.900. The van der Waals surface area contributed by atoms with Crippen molar-refractivity contribution >= 4 is 11.6 Å². The third-order valence-electron chi connectivity index (χ3n) is 4.93. The first kappa shape index (κ1) is 17.3. The number of rotatable bonds is 4. The average Bonchev–Trinajstić information content (AvgIpc) is 2.61. The number of carbonyl (C=O) groups excluding carboxylic acids is 1. The van der Waals surface area contributed by atoms with Gasteiger partial charge in [0.05, 0.1) is 0 Å². The van der Waals surface area contributed by atoms with Gasteiger partial charge in [0.2, 0.25) is 0 Å². The molecule has 0 bridgehead atoms. The summed E-state index contributed by atoms with van der Waals surface area (Å²) in [6, 6.07) is 7.43. The van der Waals surface area contributed by atoms with Gasteiger partial charge in [-0.2, -0.15) is 0 Å². The first-order chi connectivity index (χ1) is 12.0. The first-order valence-electron chi connectivity index (χ1n) is 8.76. The lowest BCUT2D eigenvalue weighted by atomic mass is 9.88. The number of aryl methyl sites for hydroxylation is 1. The Bertz CT molecular complexity index is 835. The second-order valence-electron chi connectivity index (χ2n) is 6.85. The van der Waals surface area contributed by atoms with Crippen LogP contribution in [0.3, 0.4) is 0 Å². The number of anilines is 1. The van der Waals surface area contributed by atoms with E-state index in [1.807, 2.05) is 38.1 Å². The zero-order valence-electron chi connectivity index (χ0n) is 15.1. The molecule has 5 heteroatoms. The number of fused-ring (bicyclic) bond motifs is 1. The van der Waals surface area contributed by atoms with Crippen molar-refractivity contribution in [2.24, 2.45) is 0 Å². The van der Waals surface area contributed by atoms with E-state index in [0.717, 1.165) is 42.6 Å². The largest absolute Gasteiger partial charge is 0.378 e. The molecule has 0 saturated heterocycles. The molecule has 0 unspecified atom stereocenters. The van der Waals surface area contributed by atoms with Crippen molar-refractivity contribution in [3.63, 3.8) is 0 Å². The molecule has 1 aromatic carbocycles. The fourth-order valence-electron chi connectivity index (χ4n) is 3.48. The SMILES string of the molecule is Cc1[nH]c(=O)c(CNC(=O)c2ccc(N(C)C)cc2)c2c1CCCC2. The van der Waals surface area contributed by atoms with E-state index in [1.165, 1.54) is 5.56 Å². The van der Waals surface area contributed by atoms with E-state index in [9.17, 15) is 9.59 Å². The van der Waals surface area contributed by atoms with Crippen LogP contribution in [0.4, 0.5) is 5.69 Å². The molecule has 1 aliphatic rings. The summed E-state index contributed by atoms with van der Waals surface area (Å²) >= 11 is 0. The zero-order valence-corrected chi connectivity index (χ0v) is 15.1. The van der Waals surface area contributed by atoms with Gasteiger partial charge in [-0.1, -0.05) is 0 Å². The second-order valence-corrected chi connectivity index (χ2v) is 6.85. The van der Waals surface area contributed by atoms with Gasteiger partial charge in [-0.05, 0) is 68.0 Å². The predicted molar refractivity (Wildman–Crippen MR) is 100 cm³/mol. The van der Waals surface area contributed by atoms with Crippen LogP contribution in [0, 0.1) is 6.92 Å². The molecule has 0 radical (unpaired) electrons. The third kappa shape index (κ3) is 3.60. The number of amides is 1. The molecule has 5 nitrogen and oxygen atoms in total. The summed E-state index contributed by atoms with van der Waals surface area (Å²) in [6.07, 6.45) is 4.18. The van der Waals surface area contributed by atoms with Crippen molar-refractivity contribution in [3.8, 4) is 0 Å². The zero-order chi connectivity index (χ0) is 18.0. The van der Waals surface area contributed by atoms with E-state index in [1.54, 1.807) is 12.1 Å². The molecule has 25 heavy (non-hydrogen) atoms. The predicted octanol–water partition coefficient (Wildman–Crippen LogP) is 2.56. The number of pyridine rings is 1. The number of hydrogen-bond acceptors (Lipinski definition) is 3. The molecule has 0 saturated carbocycles. The van der Waals surface area contributed by atoms with Gasteiger partial charge < -0.3 is 15.2 Å². The number of H-pyrrole nitrogens is 1. The van der Waals surface area contributed by atoms with Crippen molar-refractivity contribution in [1.82, 2.24) is 10.3 Å². The van der Waals surface area contributed by atoms with Crippen LogP contribution in [0.1, 0.15) is 45.6 Å². The van der Waals surface area contributed by atoms with Crippen LogP contribution in [-0.2, 0) is 19.4 Å². The monoisotopic (exact) mass is 339 g/mol. The number of aromatic amines is 1. The molecular weight excluding hydrogens is 314 g/mol. The Morgan fingerprint density at radius 2 is 1.76 bits per heavy atom. The van der Waals surface area contributed by atoms with Crippen molar-refractivity contribution in [2.45, 2.75) is 39.2 Å². The Balaban J connectivity index is 1.77. The highest BCUT2D eigenvalue weighted by atomic mass is 16.1. The molecule has 0 aliphatic heterocycles. The normalized spacial score (nSPS) is 13.2. The number of benzene rings is 1. The molecule has 1 heterocycles. The summed E-state index contributed by atoms with van der Waals surface area (Å²) in [4.78, 5) is 29.7. The number of nitrogens with one attached hydrogen (secondary N) is 2. The maximum atomic E-state index is 12.4. The molecular formula is C20H25N3O2. The number of aromatic nitrogens is 1.